The number of hydrogen-bond acceptors (Lipinski definition) is 4. The van der Waals surface area contributed by atoms with Crippen molar-refractivity contribution in [1.82, 2.24) is 0 Å². The van der Waals surface area contributed by atoms with Crippen molar-refractivity contribution in [2.24, 2.45) is 0 Å². The van der Waals surface area contributed by atoms with Crippen molar-refractivity contribution in [3.8, 4) is 5.75 Å². The average Bonchev–Trinajstić information content (AvgIpc) is 2.65. The third kappa shape index (κ3) is 4.40. The topological polar surface area (TPSA) is 84.5 Å². The molecule has 0 fully saturated rings. The maximum Gasteiger partial charge on any atom is 0.339 e. The molecule has 0 aliphatic carbocycles. The fourth-order valence-corrected chi connectivity index (χ4v) is 3.17. The molecule has 0 heterocycles. The lowest BCUT2D eigenvalue weighted by atomic mass is 10.3. The van der Waals surface area contributed by atoms with E-state index in [1.54, 1.807) is 60.7 Å². The summed E-state index contributed by atoms with van der Waals surface area (Å²) < 4.78 is 30.0. The fraction of sp³-hybridized carbons (Fsp3) is 0. The van der Waals surface area contributed by atoms with Crippen LogP contribution in [0.15, 0.2) is 89.8 Å². The zero-order chi connectivity index (χ0) is 18.4. The molecule has 132 valence electrons. The predicted molar refractivity (Wildman–Crippen MR) is 99.8 cm³/mol. The molecule has 7 heteroatoms. The number of rotatable bonds is 5. The molecule has 0 bridgehead atoms. The highest BCUT2D eigenvalue weighted by atomic mass is 32.2. The van der Waals surface area contributed by atoms with Crippen LogP contribution in [-0.4, -0.2) is 14.4 Å². The first kappa shape index (κ1) is 17.5. The first-order valence-electron chi connectivity index (χ1n) is 7.76. The van der Waals surface area contributed by atoms with E-state index in [0.717, 1.165) is 0 Å². The number of anilines is 2. The van der Waals surface area contributed by atoms with Gasteiger partial charge in [0.15, 0.2) is 5.75 Å². The Kier molecular flexibility index (Phi) is 5.19. The van der Waals surface area contributed by atoms with Crippen LogP contribution in [0.25, 0.3) is 0 Å². The Morgan fingerprint density at radius 3 is 2.00 bits per heavy atom. The molecule has 0 atom stereocenters. The number of nitrogens with one attached hydrogen (secondary N) is 2. The largest absolute Gasteiger partial charge is 0.377 e. The Balaban J connectivity index is 1.77. The second-order valence-electron chi connectivity index (χ2n) is 5.29. The second kappa shape index (κ2) is 7.71. The molecule has 26 heavy (non-hydrogen) atoms. The molecule has 3 aromatic rings. The van der Waals surface area contributed by atoms with Gasteiger partial charge in [0.25, 0.3) is 0 Å². The third-order valence-electron chi connectivity index (χ3n) is 3.40. The molecule has 0 spiro atoms. The van der Waals surface area contributed by atoms with Crippen LogP contribution < -0.4 is 14.8 Å². The normalized spacial score (nSPS) is 10.8. The highest BCUT2D eigenvalue weighted by molar-refractivity contribution is 7.87. The van der Waals surface area contributed by atoms with Gasteiger partial charge in [-0.05, 0) is 36.4 Å². The van der Waals surface area contributed by atoms with E-state index in [1.807, 2.05) is 6.07 Å². The van der Waals surface area contributed by atoms with Gasteiger partial charge in [0, 0.05) is 5.69 Å². The summed E-state index contributed by atoms with van der Waals surface area (Å²) in [5, 5.41) is 5.25. The lowest BCUT2D eigenvalue weighted by Crippen LogP contribution is -2.20. The third-order valence-corrected chi connectivity index (χ3v) is 4.65. The lowest BCUT2D eigenvalue weighted by Gasteiger charge is -2.13. The van der Waals surface area contributed by atoms with Gasteiger partial charge < -0.3 is 14.8 Å². The number of carbonyl (C=O) groups is 1. The molecule has 3 rings (SSSR count). The van der Waals surface area contributed by atoms with Crippen molar-refractivity contribution in [2.45, 2.75) is 4.90 Å². The highest BCUT2D eigenvalue weighted by Crippen LogP contribution is 2.27. The minimum absolute atomic E-state index is 0.0274. The van der Waals surface area contributed by atoms with Crippen LogP contribution in [0.1, 0.15) is 0 Å². The zero-order valence-electron chi connectivity index (χ0n) is 13.6. The van der Waals surface area contributed by atoms with E-state index in [-0.39, 0.29) is 16.3 Å². The Morgan fingerprint density at radius 1 is 0.731 bits per heavy atom. The Labute approximate surface area is 151 Å². The average molecular weight is 368 g/mol. The molecule has 0 aliphatic rings. The van der Waals surface area contributed by atoms with Crippen molar-refractivity contribution in [1.29, 1.82) is 0 Å². The van der Waals surface area contributed by atoms with Crippen LogP contribution in [0.4, 0.5) is 16.2 Å². The summed E-state index contributed by atoms with van der Waals surface area (Å²) in [7, 11) is -4.00. The number of para-hydroxylation sites is 3. The molecule has 0 saturated heterocycles. The molecule has 0 saturated carbocycles. The second-order valence-corrected chi connectivity index (χ2v) is 6.84. The molecule has 0 aromatic heterocycles. The van der Waals surface area contributed by atoms with Crippen LogP contribution in [0.5, 0.6) is 5.75 Å². The molecule has 3 aromatic carbocycles. The molecular formula is C19H16N2O4S. The molecule has 0 aliphatic heterocycles. The standard InChI is InChI=1S/C19H16N2O4S/c22-19(20-15-9-3-1-4-10-15)21-17-13-7-8-14-18(17)25-26(23,24)16-11-5-2-6-12-16/h1-14H,(H2,20,21,22). The molecular weight excluding hydrogens is 352 g/mol. The van der Waals surface area contributed by atoms with Crippen molar-refractivity contribution in [3.63, 3.8) is 0 Å². The Morgan fingerprint density at radius 2 is 1.31 bits per heavy atom. The summed E-state index contributed by atoms with van der Waals surface area (Å²) in [5.41, 5.74) is 0.848. The lowest BCUT2D eigenvalue weighted by molar-refractivity contribution is 0.262. The van der Waals surface area contributed by atoms with E-state index in [0.29, 0.717) is 5.69 Å². The number of amides is 2. The molecule has 6 nitrogen and oxygen atoms in total. The van der Waals surface area contributed by atoms with Crippen LogP contribution in [0.2, 0.25) is 0 Å². The first-order chi connectivity index (χ1) is 12.5. The van der Waals surface area contributed by atoms with Crippen molar-refractivity contribution < 1.29 is 17.4 Å². The van der Waals surface area contributed by atoms with Crippen LogP contribution in [0.3, 0.4) is 0 Å². The maximum atomic E-state index is 12.4. The van der Waals surface area contributed by atoms with E-state index in [4.69, 9.17) is 4.18 Å². The summed E-state index contributed by atoms with van der Waals surface area (Å²) in [4.78, 5) is 12.2. The van der Waals surface area contributed by atoms with Crippen molar-refractivity contribution in [2.75, 3.05) is 10.6 Å². The van der Waals surface area contributed by atoms with Crippen LogP contribution in [-0.2, 0) is 10.1 Å². The summed E-state index contributed by atoms with van der Waals surface area (Å²) in [5.74, 6) is 0.0274. The number of carbonyl (C=O) groups excluding carboxylic acids is 1. The van der Waals surface area contributed by atoms with Crippen molar-refractivity contribution in [3.05, 3.63) is 84.9 Å². The Hall–Kier alpha value is -3.32. The molecule has 2 amide bonds. The first-order valence-corrected chi connectivity index (χ1v) is 9.17. The van der Waals surface area contributed by atoms with Crippen molar-refractivity contribution >= 4 is 27.5 Å². The highest BCUT2D eigenvalue weighted by Gasteiger charge is 2.18. The van der Waals surface area contributed by atoms with E-state index in [2.05, 4.69) is 10.6 Å². The number of benzene rings is 3. The van der Waals surface area contributed by atoms with Gasteiger partial charge in [-0.25, -0.2) is 4.79 Å². The predicted octanol–water partition coefficient (Wildman–Crippen LogP) is 4.10. The van der Waals surface area contributed by atoms with Gasteiger partial charge in [-0.1, -0.05) is 48.5 Å². The quantitative estimate of drug-likeness (QED) is 0.664. The summed E-state index contributed by atoms with van der Waals surface area (Å²) in [6, 6.07) is 22.5. The van der Waals surface area contributed by atoms with Gasteiger partial charge in [-0.3, -0.25) is 0 Å². The van der Waals surface area contributed by atoms with Gasteiger partial charge in [-0.2, -0.15) is 8.42 Å². The van der Waals surface area contributed by atoms with Gasteiger partial charge in [-0.15, -0.1) is 0 Å². The van der Waals surface area contributed by atoms with E-state index in [1.165, 1.54) is 18.2 Å². The SMILES string of the molecule is O=C(Nc1ccccc1)Nc1ccccc1OS(=O)(=O)c1ccccc1. The van der Waals surface area contributed by atoms with Crippen LogP contribution in [0, 0.1) is 0 Å². The van der Waals surface area contributed by atoms with E-state index in [9.17, 15) is 13.2 Å². The summed E-state index contributed by atoms with van der Waals surface area (Å²) in [6.45, 7) is 0. The molecule has 2 N–H and O–H groups in total. The van der Waals surface area contributed by atoms with Gasteiger partial charge in [0.05, 0.1) is 5.69 Å². The number of hydrogen-bond donors (Lipinski definition) is 2. The summed E-state index contributed by atoms with van der Waals surface area (Å²) in [6.07, 6.45) is 0. The van der Waals surface area contributed by atoms with Gasteiger partial charge >= 0.3 is 16.1 Å². The van der Waals surface area contributed by atoms with Crippen LogP contribution >= 0.6 is 0 Å². The minimum atomic E-state index is -4.00. The maximum absolute atomic E-state index is 12.4. The minimum Gasteiger partial charge on any atom is -0.377 e. The van der Waals surface area contributed by atoms with E-state index < -0.39 is 16.1 Å². The fourth-order valence-electron chi connectivity index (χ4n) is 2.20. The van der Waals surface area contributed by atoms with E-state index >= 15 is 0 Å². The number of urea groups is 1. The monoisotopic (exact) mass is 368 g/mol. The molecule has 0 unspecified atom stereocenters. The zero-order valence-corrected chi connectivity index (χ0v) is 14.4. The molecule has 0 radical (unpaired) electrons. The van der Waals surface area contributed by atoms with Gasteiger partial charge in [0.2, 0.25) is 0 Å². The summed E-state index contributed by atoms with van der Waals surface area (Å²) >= 11 is 0. The Bertz CT molecular complexity index is 990. The smallest absolute Gasteiger partial charge is 0.339 e. The van der Waals surface area contributed by atoms with Gasteiger partial charge in [0.1, 0.15) is 4.90 Å².